The van der Waals surface area contributed by atoms with Crippen LogP contribution in [0.25, 0.3) is 5.57 Å². The molecule has 1 aliphatic carbocycles. The zero-order valence-electron chi connectivity index (χ0n) is 22.2. The minimum absolute atomic E-state index is 0.375. The molecular weight excluding hydrogens is 506 g/mol. The Morgan fingerprint density at radius 2 is 0.846 bits per heavy atom. The summed E-state index contributed by atoms with van der Waals surface area (Å²) in [5.74, 6) is 0.494. The lowest BCUT2D eigenvalue weighted by Crippen LogP contribution is -2.14. The van der Waals surface area contributed by atoms with E-state index >= 15 is 0 Å². The molecule has 0 spiro atoms. The zero-order chi connectivity index (χ0) is 26.3. The van der Waals surface area contributed by atoms with Gasteiger partial charge >= 0.3 is 0 Å². The van der Waals surface area contributed by atoms with Gasteiger partial charge < -0.3 is 0 Å². The molecule has 1 atom stereocenters. The molecule has 1 unspecified atom stereocenters. The fraction of sp³-hybridized carbons (Fsp3) is 0.135. The smallest absolute Gasteiger partial charge is 0.00335 e. The van der Waals surface area contributed by atoms with E-state index in [2.05, 4.69) is 152 Å². The van der Waals surface area contributed by atoms with Crippen LogP contribution in [0.3, 0.4) is 0 Å². The first-order chi connectivity index (χ1) is 19.4. The Kier molecular flexibility index (Phi) is 8.45. The average Bonchev–Trinajstić information content (AvgIpc) is 3.37. The zero-order valence-corrected chi connectivity index (χ0v) is 24.0. The summed E-state index contributed by atoms with van der Waals surface area (Å²) in [5.41, 5.74) is 4.54. The van der Waals surface area contributed by atoms with Gasteiger partial charge in [-0.25, -0.2) is 0 Å². The van der Waals surface area contributed by atoms with E-state index in [1.807, 2.05) is 0 Å². The highest BCUT2D eigenvalue weighted by atomic mass is 31.1. The first-order valence-electron chi connectivity index (χ1n) is 13.9. The van der Waals surface area contributed by atoms with Gasteiger partial charge in [0.1, 0.15) is 0 Å². The maximum absolute atomic E-state index is 2.61. The van der Waals surface area contributed by atoms with Gasteiger partial charge in [0.25, 0.3) is 0 Å². The first kappa shape index (κ1) is 26.0. The molecule has 0 saturated heterocycles. The van der Waals surface area contributed by atoms with E-state index in [1.165, 1.54) is 51.1 Å². The minimum Gasteiger partial charge on any atom is -0.0731 e. The van der Waals surface area contributed by atoms with Crippen LogP contribution in [-0.4, -0.2) is 12.3 Å². The number of rotatable bonds is 10. The fourth-order valence-corrected chi connectivity index (χ4v) is 10.5. The van der Waals surface area contributed by atoms with Gasteiger partial charge in [0.2, 0.25) is 0 Å². The summed E-state index contributed by atoms with van der Waals surface area (Å²) >= 11 is 0. The largest absolute Gasteiger partial charge is 0.0731 e. The number of allylic oxidation sites excluding steroid dienone is 2. The molecule has 2 heteroatoms. The molecule has 0 saturated carbocycles. The van der Waals surface area contributed by atoms with Gasteiger partial charge in [-0.05, 0) is 78.9 Å². The van der Waals surface area contributed by atoms with Gasteiger partial charge in [0, 0.05) is 5.92 Å². The number of benzene rings is 5. The van der Waals surface area contributed by atoms with Gasteiger partial charge in [-0.15, -0.1) is 0 Å². The molecule has 0 aliphatic heterocycles. The highest BCUT2D eigenvalue weighted by molar-refractivity contribution is 7.73. The van der Waals surface area contributed by atoms with Crippen molar-refractivity contribution in [2.24, 2.45) is 0 Å². The lowest BCUT2D eigenvalue weighted by Gasteiger charge is -2.21. The molecule has 6 rings (SSSR count). The summed E-state index contributed by atoms with van der Waals surface area (Å²) in [5, 5.41) is 5.90. The van der Waals surface area contributed by atoms with Gasteiger partial charge in [-0.1, -0.05) is 152 Å². The Labute approximate surface area is 236 Å². The van der Waals surface area contributed by atoms with Crippen molar-refractivity contribution >= 4 is 42.6 Å². The van der Waals surface area contributed by atoms with Crippen LogP contribution in [0.2, 0.25) is 0 Å². The normalized spacial score (nSPS) is 14.4. The van der Waals surface area contributed by atoms with Crippen LogP contribution in [0.1, 0.15) is 29.9 Å². The van der Waals surface area contributed by atoms with Crippen LogP contribution in [0.15, 0.2) is 152 Å². The monoisotopic (exact) mass is 540 g/mol. The molecule has 0 N–H and O–H groups in total. The van der Waals surface area contributed by atoms with Crippen molar-refractivity contribution in [2.45, 2.75) is 18.8 Å². The molecule has 5 aromatic rings. The number of hydrogen-bond donors (Lipinski definition) is 0. The van der Waals surface area contributed by atoms with Crippen LogP contribution in [0, 0.1) is 0 Å². The summed E-state index contributed by atoms with van der Waals surface area (Å²) in [6, 6.07) is 53.7. The van der Waals surface area contributed by atoms with Crippen molar-refractivity contribution in [3.05, 3.63) is 163 Å². The van der Waals surface area contributed by atoms with E-state index in [0.717, 1.165) is 6.42 Å². The molecule has 0 fully saturated rings. The molecule has 0 bridgehead atoms. The second-order valence-electron chi connectivity index (χ2n) is 10.1. The maximum Gasteiger partial charge on any atom is 0.00335 e. The summed E-state index contributed by atoms with van der Waals surface area (Å²) in [7, 11) is -0.762. The summed E-state index contributed by atoms with van der Waals surface area (Å²) in [6.45, 7) is 0. The topological polar surface area (TPSA) is 0 Å². The standard InChI is InChI=1S/C37H34P2/c1-5-15-32(16-6-1)38(33-17-7-2-8-18-33)27-25-30-29-31(37-24-14-13-23-36(30)37)26-28-39(34-19-9-3-10-20-34)35-21-11-4-12-22-35/h1-24,29-30H,25-28H2. The predicted octanol–water partition coefficient (Wildman–Crippen LogP) is 8.21. The number of fused-ring (bicyclic) bond motifs is 1. The summed E-state index contributed by atoms with van der Waals surface area (Å²) in [6.07, 6.45) is 7.29. The predicted molar refractivity (Wildman–Crippen MR) is 174 cm³/mol. The molecule has 1 aliphatic rings. The summed E-state index contributed by atoms with van der Waals surface area (Å²) in [4.78, 5) is 0. The fourth-order valence-electron chi connectivity index (χ4n) is 5.74. The van der Waals surface area contributed by atoms with Gasteiger partial charge in [-0.3, -0.25) is 0 Å². The van der Waals surface area contributed by atoms with E-state index < -0.39 is 0 Å². The van der Waals surface area contributed by atoms with E-state index in [0.29, 0.717) is 5.92 Å². The van der Waals surface area contributed by atoms with E-state index in [9.17, 15) is 0 Å². The van der Waals surface area contributed by atoms with Crippen molar-refractivity contribution in [3.8, 4) is 0 Å². The Bertz CT molecular complexity index is 1420. The van der Waals surface area contributed by atoms with Crippen molar-refractivity contribution in [3.63, 3.8) is 0 Å². The van der Waals surface area contributed by atoms with Crippen LogP contribution in [-0.2, 0) is 0 Å². The van der Waals surface area contributed by atoms with Crippen LogP contribution < -0.4 is 21.2 Å². The van der Waals surface area contributed by atoms with Crippen molar-refractivity contribution in [1.82, 2.24) is 0 Å². The quantitative estimate of drug-likeness (QED) is 0.157. The van der Waals surface area contributed by atoms with Crippen molar-refractivity contribution in [2.75, 3.05) is 12.3 Å². The third-order valence-electron chi connectivity index (χ3n) is 7.65. The molecule has 192 valence electrons. The highest BCUT2D eigenvalue weighted by Crippen LogP contribution is 2.45. The van der Waals surface area contributed by atoms with E-state index in [1.54, 1.807) is 5.57 Å². The van der Waals surface area contributed by atoms with Crippen LogP contribution >= 0.6 is 15.8 Å². The second kappa shape index (κ2) is 12.7. The maximum atomic E-state index is 2.61. The molecule has 0 aromatic heterocycles. The number of hydrogen-bond acceptors (Lipinski definition) is 0. The lowest BCUT2D eigenvalue weighted by atomic mass is 9.98. The van der Waals surface area contributed by atoms with E-state index in [-0.39, 0.29) is 15.8 Å². The minimum atomic E-state index is -0.387. The molecule has 0 radical (unpaired) electrons. The third-order valence-corrected chi connectivity index (χ3v) is 12.7. The SMILES string of the molecule is C1=C(CCP(c2ccccc2)c2ccccc2)c2ccccc2C1CCP(c1ccccc1)c1ccccc1. The lowest BCUT2D eigenvalue weighted by molar-refractivity contribution is 0.825. The van der Waals surface area contributed by atoms with Gasteiger partial charge in [0.05, 0.1) is 0 Å². The Balaban J connectivity index is 1.23. The Morgan fingerprint density at radius 1 is 0.436 bits per heavy atom. The molecule has 5 aromatic carbocycles. The molecule has 0 heterocycles. The van der Waals surface area contributed by atoms with Gasteiger partial charge in [0.15, 0.2) is 0 Å². The second-order valence-corrected chi connectivity index (χ2v) is 14.7. The Morgan fingerprint density at radius 3 is 1.33 bits per heavy atom. The molecule has 0 amide bonds. The van der Waals surface area contributed by atoms with Crippen LogP contribution in [0.4, 0.5) is 0 Å². The molecule has 0 nitrogen and oxygen atoms in total. The van der Waals surface area contributed by atoms with Crippen LogP contribution in [0.5, 0.6) is 0 Å². The van der Waals surface area contributed by atoms with Gasteiger partial charge in [-0.2, -0.15) is 0 Å². The third kappa shape index (κ3) is 6.15. The summed E-state index contributed by atoms with van der Waals surface area (Å²) < 4.78 is 0. The van der Waals surface area contributed by atoms with Crippen molar-refractivity contribution in [1.29, 1.82) is 0 Å². The Hall–Kier alpha value is -3.30. The van der Waals surface area contributed by atoms with E-state index in [4.69, 9.17) is 0 Å². The highest BCUT2D eigenvalue weighted by Gasteiger charge is 2.25. The molecule has 39 heavy (non-hydrogen) atoms. The first-order valence-corrected chi connectivity index (χ1v) is 17.0. The van der Waals surface area contributed by atoms with Crippen molar-refractivity contribution < 1.29 is 0 Å². The average molecular weight is 541 g/mol. The molecular formula is C37H34P2.